The van der Waals surface area contributed by atoms with Gasteiger partial charge in [0.05, 0.1) is 37.7 Å². The first-order valence-corrected chi connectivity index (χ1v) is 10.4. The number of carbonyl (C=O) groups is 1. The van der Waals surface area contributed by atoms with Gasteiger partial charge < -0.3 is 24.4 Å². The highest BCUT2D eigenvalue weighted by atomic mass is 16.5. The van der Waals surface area contributed by atoms with Gasteiger partial charge in [-0.05, 0) is 56.4 Å². The summed E-state index contributed by atoms with van der Waals surface area (Å²) in [7, 11) is 1.57. The summed E-state index contributed by atoms with van der Waals surface area (Å²) >= 11 is 0. The fourth-order valence-electron chi connectivity index (χ4n) is 4.33. The van der Waals surface area contributed by atoms with E-state index < -0.39 is 5.60 Å². The molecule has 2 bridgehead atoms. The minimum absolute atomic E-state index is 0.100. The third kappa shape index (κ3) is 3.50. The smallest absolute Gasteiger partial charge is 0.256 e. The molecule has 2 atom stereocenters. The Bertz CT molecular complexity index is 929. The number of hydrogen-bond acceptors (Lipinski definition) is 7. The zero-order valence-electron chi connectivity index (χ0n) is 17.3. The van der Waals surface area contributed by atoms with Crippen molar-refractivity contribution in [3.63, 3.8) is 0 Å². The van der Waals surface area contributed by atoms with Crippen LogP contribution in [-0.4, -0.2) is 53.9 Å². The molecule has 1 saturated carbocycles. The number of aromatic nitrogens is 2. The van der Waals surface area contributed by atoms with Gasteiger partial charge in [0.2, 0.25) is 5.88 Å². The average molecular weight is 410 g/mol. The molecule has 8 nitrogen and oxygen atoms in total. The summed E-state index contributed by atoms with van der Waals surface area (Å²) < 4.78 is 16.9. The Labute approximate surface area is 175 Å². The molecule has 2 aliphatic heterocycles. The second-order valence-electron chi connectivity index (χ2n) is 8.28. The molecular formula is C22H26N4O4. The van der Waals surface area contributed by atoms with E-state index in [0.29, 0.717) is 23.7 Å². The summed E-state index contributed by atoms with van der Waals surface area (Å²) in [6.07, 6.45) is 7.23. The Morgan fingerprint density at radius 1 is 1.20 bits per heavy atom. The first kappa shape index (κ1) is 19.3. The highest BCUT2D eigenvalue weighted by Crippen LogP contribution is 2.40. The van der Waals surface area contributed by atoms with Gasteiger partial charge in [0.15, 0.2) is 0 Å². The Kier molecular flexibility index (Phi) is 4.83. The molecule has 3 fully saturated rings. The van der Waals surface area contributed by atoms with Crippen LogP contribution in [0.15, 0.2) is 30.6 Å². The van der Waals surface area contributed by atoms with E-state index in [1.165, 1.54) is 0 Å². The lowest BCUT2D eigenvalue weighted by molar-refractivity contribution is -0.128. The van der Waals surface area contributed by atoms with E-state index >= 15 is 0 Å². The number of aryl methyl sites for hydroxylation is 1. The third-order valence-corrected chi connectivity index (χ3v) is 6.28. The molecule has 3 heterocycles. The van der Waals surface area contributed by atoms with E-state index in [0.717, 1.165) is 56.0 Å². The standard InChI is InChI=1S/C22H26N4O4/c1-14-9-15(25-21(27)22(28-2)7-8-22)3-6-18(14)30-20-11-23-19(10-24-20)26-16-4-5-17(26)13-29-12-16/h3,6,9-11,16-17H,4-5,7-8,12-13H2,1-2H3,(H,25,27). The Morgan fingerprint density at radius 2 is 1.97 bits per heavy atom. The number of carbonyl (C=O) groups excluding carboxylic acids is 1. The predicted octanol–water partition coefficient (Wildman–Crippen LogP) is 3.06. The van der Waals surface area contributed by atoms with Crippen LogP contribution in [0.4, 0.5) is 11.5 Å². The molecule has 1 aliphatic carbocycles. The SMILES string of the molecule is COC1(C(=O)Nc2ccc(Oc3cnc(N4C5CCC4COC5)cn3)c(C)c2)CC1. The van der Waals surface area contributed by atoms with Crippen LogP contribution in [0.25, 0.3) is 0 Å². The van der Waals surface area contributed by atoms with Crippen molar-refractivity contribution in [2.45, 2.75) is 50.3 Å². The number of amides is 1. The maximum Gasteiger partial charge on any atom is 0.256 e. The van der Waals surface area contributed by atoms with E-state index in [4.69, 9.17) is 14.2 Å². The molecule has 0 radical (unpaired) electrons. The average Bonchev–Trinajstić information content (AvgIpc) is 3.52. The summed E-state index contributed by atoms with van der Waals surface area (Å²) in [6, 6.07) is 6.31. The van der Waals surface area contributed by atoms with Crippen molar-refractivity contribution in [1.82, 2.24) is 9.97 Å². The van der Waals surface area contributed by atoms with Gasteiger partial charge in [-0.1, -0.05) is 0 Å². The molecule has 158 valence electrons. The molecular weight excluding hydrogens is 384 g/mol. The fourth-order valence-corrected chi connectivity index (χ4v) is 4.33. The minimum Gasteiger partial charge on any atom is -0.437 e. The molecule has 1 aromatic carbocycles. The summed E-state index contributed by atoms with van der Waals surface area (Å²) in [5, 5.41) is 2.92. The van der Waals surface area contributed by atoms with Crippen molar-refractivity contribution in [2.24, 2.45) is 0 Å². The number of anilines is 2. The van der Waals surface area contributed by atoms with Crippen molar-refractivity contribution in [3.8, 4) is 11.6 Å². The van der Waals surface area contributed by atoms with E-state index in [-0.39, 0.29) is 5.91 Å². The lowest BCUT2D eigenvalue weighted by Gasteiger charge is -2.35. The Hall–Kier alpha value is -2.71. The van der Waals surface area contributed by atoms with E-state index in [1.54, 1.807) is 19.5 Å². The second kappa shape index (κ2) is 7.52. The van der Waals surface area contributed by atoms with Gasteiger partial charge >= 0.3 is 0 Å². The number of ether oxygens (including phenoxy) is 3. The first-order valence-electron chi connectivity index (χ1n) is 10.4. The van der Waals surface area contributed by atoms with Crippen molar-refractivity contribution in [1.29, 1.82) is 0 Å². The summed E-state index contributed by atoms with van der Waals surface area (Å²) in [5.41, 5.74) is 0.963. The first-order chi connectivity index (χ1) is 14.6. The molecule has 3 aliphatic rings. The maximum absolute atomic E-state index is 12.3. The van der Waals surface area contributed by atoms with Crippen LogP contribution in [0.1, 0.15) is 31.2 Å². The fraction of sp³-hybridized carbons (Fsp3) is 0.500. The summed E-state index contributed by atoms with van der Waals surface area (Å²) in [6.45, 7) is 3.44. The molecule has 2 aromatic rings. The molecule has 1 N–H and O–H groups in total. The van der Waals surface area contributed by atoms with Crippen molar-refractivity contribution in [3.05, 3.63) is 36.2 Å². The number of nitrogens with zero attached hydrogens (tertiary/aromatic N) is 3. The van der Waals surface area contributed by atoms with Crippen molar-refractivity contribution < 1.29 is 19.0 Å². The van der Waals surface area contributed by atoms with Crippen molar-refractivity contribution in [2.75, 3.05) is 30.5 Å². The van der Waals surface area contributed by atoms with Gasteiger partial charge in [-0.3, -0.25) is 4.79 Å². The third-order valence-electron chi connectivity index (χ3n) is 6.28. The molecule has 1 aromatic heterocycles. The lowest BCUT2D eigenvalue weighted by Crippen LogP contribution is -2.46. The quantitative estimate of drug-likeness (QED) is 0.783. The van der Waals surface area contributed by atoms with Gasteiger partial charge in [0, 0.05) is 12.8 Å². The highest BCUT2D eigenvalue weighted by molar-refractivity contribution is 5.99. The van der Waals surface area contributed by atoms with Gasteiger partial charge in [-0.2, -0.15) is 0 Å². The molecule has 5 rings (SSSR count). The van der Waals surface area contributed by atoms with Gasteiger partial charge in [0.1, 0.15) is 17.2 Å². The monoisotopic (exact) mass is 410 g/mol. The molecule has 2 unspecified atom stereocenters. The van der Waals surface area contributed by atoms with Crippen LogP contribution in [0.5, 0.6) is 11.6 Å². The number of nitrogens with one attached hydrogen (secondary N) is 1. The topological polar surface area (TPSA) is 85.8 Å². The number of morpholine rings is 1. The lowest BCUT2D eigenvalue weighted by atomic mass is 10.2. The van der Waals surface area contributed by atoms with Crippen molar-refractivity contribution >= 4 is 17.4 Å². The van der Waals surface area contributed by atoms with Crippen LogP contribution in [0.3, 0.4) is 0 Å². The molecule has 30 heavy (non-hydrogen) atoms. The number of methoxy groups -OCH3 is 1. The highest BCUT2D eigenvalue weighted by Gasteiger charge is 2.50. The van der Waals surface area contributed by atoms with E-state index in [9.17, 15) is 4.79 Å². The second-order valence-corrected chi connectivity index (χ2v) is 8.28. The largest absolute Gasteiger partial charge is 0.437 e. The molecule has 2 saturated heterocycles. The Morgan fingerprint density at radius 3 is 2.57 bits per heavy atom. The zero-order chi connectivity index (χ0) is 20.7. The minimum atomic E-state index is -0.652. The van der Waals surface area contributed by atoms with Crippen LogP contribution in [0, 0.1) is 6.92 Å². The van der Waals surface area contributed by atoms with Crippen LogP contribution < -0.4 is 15.0 Å². The Balaban J connectivity index is 1.25. The number of fused-ring (bicyclic) bond motifs is 2. The van der Waals surface area contributed by atoms with Crippen LogP contribution in [-0.2, 0) is 14.3 Å². The number of rotatable bonds is 6. The number of hydrogen-bond donors (Lipinski definition) is 1. The summed E-state index contributed by atoms with van der Waals surface area (Å²) in [4.78, 5) is 23.7. The zero-order valence-corrected chi connectivity index (χ0v) is 17.3. The van der Waals surface area contributed by atoms with Gasteiger partial charge in [0.25, 0.3) is 5.91 Å². The molecule has 1 amide bonds. The molecule has 8 heteroatoms. The van der Waals surface area contributed by atoms with Crippen LogP contribution in [0.2, 0.25) is 0 Å². The van der Waals surface area contributed by atoms with E-state index in [1.807, 2.05) is 25.1 Å². The van der Waals surface area contributed by atoms with Crippen LogP contribution >= 0.6 is 0 Å². The maximum atomic E-state index is 12.3. The normalized spacial score (nSPS) is 23.9. The predicted molar refractivity (Wildman–Crippen MR) is 111 cm³/mol. The summed E-state index contributed by atoms with van der Waals surface area (Å²) in [5.74, 6) is 1.89. The van der Waals surface area contributed by atoms with E-state index in [2.05, 4.69) is 20.2 Å². The van der Waals surface area contributed by atoms with Gasteiger partial charge in [-0.25, -0.2) is 9.97 Å². The molecule has 0 spiro atoms. The number of benzene rings is 1. The van der Waals surface area contributed by atoms with Gasteiger partial charge in [-0.15, -0.1) is 0 Å².